The Balaban J connectivity index is 1.29. The summed E-state index contributed by atoms with van der Waals surface area (Å²) < 4.78 is 1.24. The van der Waals surface area contributed by atoms with Gasteiger partial charge < -0.3 is 15.2 Å². The molecule has 1 heterocycles. The van der Waals surface area contributed by atoms with Crippen LogP contribution in [0.4, 0.5) is 0 Å². The molecule has 1 aromatic heterocycles. The molecule has 0 unspecified atom stereocenters. The number of nitrogens with one attached hydrogen (secondary N) is 2. The highest BCUT2D eigenvalue weighted by Gasteiger charge is 2.07. The Morgan fingerprint density at radius 2 is 1.72 bits per heavy atom. The maximum absolute atomic E-state index is 12.5. The first kappa shape index (κ1) is 23.5. The summed E-state index contributed by atoms with van der Waals surface area (Å²) in [6, 6.07) is 17.3. The number of amides is 1. The number of fused-ring (bicyclic) bond motifs is 1. The van der Waals surface area contributed by atoms with Gasteiger partial charge in [0.05, 0.1) is 10.9 Å². The number of H-pyrrole nitrogens is 1. The summed E-state index contributed by atoms with van der Waals surface area (Å²) >= 11 is 0. The van der Waals surface area contributed by atoms with Gasteiger partial charge in [0.2, 0.25) is 5.91 Å². The molecule has 0 saturated carbocycles. The van der Waals surface area contributed by atoms with Gasteiger partial charge >= 0.3 is 5.69 Å². The summed E-state index contributed by atoms with van der Waals surface area (Å²) in [4.78, 5) is 41.7. The lowest BCUT2D eigenvalue weighted by atomic mass is 10.2. The Morgan fingerprint density at radius 3 is 2.53 bits per heavy atom. The Hall–Kier alpha value is -3.19. The third kappa shape index (κ3) is 6.92. The fraction of sp³-hybridized carbons (Fsp3) is 0.400. The molecule has 1 amide bonds. The molecular formula is C25H32N4O3. The fourth-order valence-electron chi connectivity index (χ4n) is 3.77. The first-order valence-corrected chi connectivity index (χ1v) is 11.3. The summed E-state index contributed by atoms with van der Waals surface area (Å²) in [6.45, 7) is 2.84. The van der Waals surface area contributed by atoms with E-state index in [4.69, 9.17) is 0 Å². The molecular weight excluding hydrogens is 404 g/mol. The van der Waals surface area contributed by atoms with E-state index in [0.29, 0.717) is 36.8 Å². The van der Waals surface area contributed by atoms with Crippen molar-refractivity contribution < 1.29 is 4.79 Å². The maximum atomic E-state index is 12.5. The highest BCUT2D eigenvalue weighted by molar-refractivity contribution is 5.77. The Bertz CT molecular complexity index is 1120. The van der Waals surface area contributed by atoms with Crippen molar-refractivity contribution in [3.63, 3.8) is 0 Å². The minimum absolute atomic E-state index is 0.0523. The molecule has 170 valence electrons. The van der Waals surface area contributed by atoms with Crippen LogP contribution in [0.15, 0.2) is 64.2 Å². The van der Waals surface area contributed by atoms with E-state index in [1.807, 2.05) is 18.2 Å². The molecule has 32 heavy (non-hydrogen) atoms. The van der Waals surface area contributed by atoms with Gasteiger partial charge in [0, 0.05) is 26.1 Å². The minimum Gasteiger partial charge on any atom is -0.356 e. The monoisotopic (exact) mass is 436 g/mol. The Kier molecular flexibility index (Phi) is 8.80. The maximum Gasteiger partial charge on any atom is 0.328 e. The third-order valence-corrected chi connectivity index (χ3v) is 5.51. The molecule has 0 saturated heterocycles. The van der Waals surface area contributed by atoms with E-state index in [2.05, 4.69) is 34.4 Å². The summed E-state index contributed by atoms with van der Waals surface area (Å²) in [5, 5.41) is 3.49. The predicted octanol–water partition coefficient (Wildman–Crippen LogP) is 2.89. The molecule has 0 fully saturated rings. The second-order valence-corrected chi connectivity index (χ2v) is 8.17. The van der Waals surface area contributed by atoms with Crippen LogP contribution in [0.3, 0.4) is 0 Å². The molecule has 0 bridgehead atoms. The molecule has 7 heteroatoms. The van der Waals surface area contributed by atoms with Gasteiger partial charge in [0.1, 0.15) is 0 Å². The molecule has 0 radical (unpaired) electrons. The van der Waals surface area contributed by atoms with Crippen LogP contribution in [-0.4, -0.2) is 40.5 Å². The largest absolute Gasteiger partial charge is 0.356 e. The first-order valence-electron chi connectivity index (χ1n) is 11.3. The van der Waals surface area contributed by atoms with Gasteiger partial charge in [-0.25, -0.2) is 4.79 Å². The number of nitrogens with zero attached hydrogens (tertiary/aromatic N) is 2. The van der Waals surface area contributed by atoms with Gasteiger partial charge in [-0.3, -0.25) is 14.2 Å². The molecule has 2 N–H and O–H groups in total. The normalized spacial score (nSPS) is 11.2. The van der Waals surface area contributed by atoms with Gasteiger partial charge in [-0.15, -0.1) is 0 Å². The van der Waals surface area contributed by atoms with Crippen LogP contribution in [0.25, 0.3) is 10.9 Å². The van der Waals surface area contributed by atoms with Crippen molar-refractivity contribution >= 4 is 16.8 Å². The van der Waals surface area contributed by atoms with Crippen LogP contribution < -0.4 is 16.6 Å². The van der Waals surface area contributed by atoms with Gasteiger partial charge in [-0.05, 0) is 50.6 Å². The molecule has 0 atom stereocenters. The van der Waals surface area contributed by atoms with Crippen LogP contribution in [0.5, 0.6) is 0 Å². The average Bonchev–Trinajstić information content (AvgIpc) is 2.79. The van der Waals surface area contributed by atoms with Crippen molar-refractivity contribution in [1.82, 2.24) is 19.8 Å². The van der Waals surface area contributed by atoms with Crippen molar-refractivity contribution in [2.45, 2.75) is 45.2 Å². The summed E-state index contributed by atoms with van der Waals surface area (Å²) in [5.41, 5.74) is 1.19. The van der Waals surface area contributed by atoms with Gasteiger partial charge in [0.25, 0.3) is 5.56 Å². The molecule has 7 nitrogen and oxygen atoms in total. The Morgan fingerprint density at radius 1 is 0.969 bits per heavy atom. The number of benzene rings is 2. The Labute approximate surface area is 188 Å². The number of rotatable bonds is 12. The summed E-state index contributed by atoms with van der Waals surface area (Å²) in [5.74, 6) is 0.0523. The second kappa shape index (κ2) is 12.0. The number of aromatic nitrogens is 2. The summed E-state index contributed by atoms with van der Waals surface area (Å²) in [7, 11) is 2.08. The quantitative estimate of drug-likeness (QED) is 0.428. The lowest BCUT2D eigenvalue weighted by molar-refractivity contribution is -0.121. The average molecular weight is 437 g/mol. The van der Waals surface area contributed by atoms with E-state index >= 15 is 0 Å². The van der Waals surface area contributed by atoms with E-state index < -0.39 is 0 Å². The molecule has 3 rings (SSSR count). The van der Waals surface area contributed by atoms with Crippen LogP contribution >= 0.6 is 0 Å². The molecule has 0 spiro atoms. The van der Waals surface area contributed by atoms with E-state index in [-0.39, 0.29) is 17.2 Å². The minimum atomic E-state index is -0.385. The van der Waals surface area contributed by atoms with Gasteiger partial charge in [-0.1, -0.05) is 48.9 Å². The number of carbonyl (C=O) groups is 1. The highest BCUT2D eigenvalue weighted by Crippen LogP contribution is 2.05. The number of hydrogen-bond donors (Lipinski definition) is 2. The summed E-state index contributed by atoms with van der Waals surface area (Å²) in [6.07, 6.45) is 3.57. The zero-order valence-corrected chi connectivity index (χ0v) is 18.7. The van der Waals surface area contributed by atoms with Crippen LogP contribution in [0, 0.1) is 0 Å². The van der Waals surface area contributed by atoms with E-state index in [9.17, 15) is 14.4 Å². The van der Waals surface area contributed by atoms with Crippen molar-refractivity contribution in [2.75, 3.05) is 20.1 Å². The zero-order chi connectivity index (χ0) is 22.8. The first-order chi connectivity index (χ1) is 15.5. The van der Waals surface area contributed by atoms with Crippen LogP contribution in [-0.2, 0) is 17.9 Å². The SMILES string of the molecule is CN(CCCNC(=O)CCCCCn1c(=O)[nH]c2ccccc2c1=O)Cc1ccccc1. The second-order valence-electron chi connectivity index (χ2n) is 8.17. The van der Waals surface area contributed by atoms with Gasteiger partial charge in [-0.2, -0.15) is 0 Å². The number of carbonyl (C=O) groups excluding carboxylic acids is 1. The van der Waals surface area contributed by atoms with Crippen molar-refractivity contribution in [1.29, 1.82) is 0 Å². The lowest BCUT2D eigenvalue weighted by Gasteiger charge is -2.16. The number of para-hydroxylation sites is 1. The van der Waals surface area contributed by atoms with Crippen molar-refractivity contribution in [2.24, 2.45) is 0 Å². The fourth-order valence-corrected chi connectivity index (χ4v) is 3.77. The topological polar surface area (TPSA) is 87.2 Å². The van der Waals surface area contributed by atoms with Crippen LogP contribution in [0.2, 0.25) is 0 Å². The number of aromatic amines is 1. The molecule has 3 aromatic rings. The highest BCUT2D eigenvalue weighted by atomic mass is 16.2. The lowest BCUT2D eigenvalue weighted by Crippen LogP contribution is -2.35. The van der Waals surface area contributed by atoms with E-state index in [1.54, 1.807) is 24.3 Å². The van der Waals surface area contributed by atoms with Crippen LogP contribution in [0.1, 0.15) is 37.7 Å². The molecule has 0 aliphatic rings. The number of unbranched alkanes of at least 4 members (excludes halogenated alkanes) is 2. The molecule has 0 aliphatic heterocycles. The van der Waals surface area contributed by atoms with E-state index in [1.165, 1.54) is 10.1 Å². The molecule has 0 aliphatic carbocycles. The standard InChI is InChI=1S/C25H32N4O3/c1-28(19-20-11-4-2-5-12-20)17-10-16-26-23(30)15-6-3-9-18-29-24(31)21-13-7-8-14-22(21)27-25(29)32/h2,4-5,7-8,11-14H,3,6,9-10,15-19H2,1H3,(H,26,30)(H,27,32). The third-order valence-electron chi connectivity index (χ3n) is 5.51. The van der Waals surface area contributed by atoms with Crippen molar-refractivity contribution in [3.8, 4) is 0 Å². The predicted molar refractivity (Wildman–Crippen MR) is 128 cm³/mol. The smallest absolute Gasteiger partial charge is 0.328 e. The molecule has 2 aromatic carbocycles. The van der Waals surface area contributed by atoms with E-state index in [0.717, 1.165) is 32.4 Å². The zero-order valence-electron chi connectivity index (χ0n) is 18.7. The van der Waals surface area contributed by atoms with Gasteiger partial charge in [0.15, 0.2) is 0 Å². The number of hydrogen-bond acceptors (Lipinski definition) is 4. The van der Waals surface area contributed by atoms with Crippen molar-refractivity contribution in [3.05, 3.63) is 81.0 Å².